The molecule has 0 fully saturated rings. The van der Waals surface area contributed by atoms with Crippen molar-refractivity contribution in [2.24, 2.45) is 0 Å². The summed E-state index contributed by atoms with van der Waals surface area (Å²) in [6.07, 6.45) is 3.37. The van der Waals surface area contributed by atoms with Crippen molar-refractivity contribution < 1.29 is 4.79 Å². The lowest BCUT2D eigenvalue weighted by atomic mass is 10.2. The Kier molecular flexibility index (Phi) is 4.30. The smallest absolute Gasteiger partial charge is 0.258 e. The van der Waals surface area contributed by atoms with Gasteiger partial charge >= 0.3 is 0 Å². The average molecular weight is 270 g/mol. The zero-order valence-corrected chi connectivity index (χ0v) is 11.9. The molecule has 104 valence electrons. The van der Waals surface area contributed by atoms with E-state index in [1.165, 1.54) is 0 Å². The highest BCUT2D eigenvalue weighted by molar-refractivity contribution is 6.06. The highest BCUT2D eigenvalue weighted by Crippen LogP contribution is 2.18. The van der Waals surface area contributed by atoms with Crippen LogP contribution in [0.5, 0.6) is 0 Å². The van der Waals surface area contributed by atoms with E-state index < -0.39 is 0 Å². The van der Waals surface area contributed by atoms with E-state index in [1.807, 2.05) is 26.0 Å². The third kappa shape index (κ3) is 2.93. The van der Waals surface area contributed by atoms with Crippen molar-refractivity contribution in [3.8, 4) is 0 Å². The van der Waals surface area contributed by atoms with Crippen LogP contribution < -0.4 is 10.2 Å². The lowest BCUT2D eigenvalue weighted by Gasteiger charge is -2.21. The first-order chi connectivity index (χ1) is 9.65. The Bertz CT molecular complexity index is 598. The van der Waals surface area contributed by atoms with E-state index in [0.29, 0.717) is 17.9 Å². The minimum atomic E-state index is -0.0410. The van der Waals surface area contributed by atoms with Crippen LogP contribution >= 0.6 is 0 Å². The van der Waals surface area contributed by atoms with Crippen molar-refractivity contribution in [1.82, 2.24) is 9.97 Å². The largest absolute Gasteiger partial charge is 0.373 e. The Morgan fingerprint density at radius 2 is 2.00 bits per heavy atom. The molecule has 0 aliphatic heterocycles. The van der Waals surface area contributed by atoms with Gasteiger partial charge in [0, 0.05) is 42.9 Å². The fourth-order valence-corrected chi connectivity index (χ4v) is 2.04. The number of aryl methyl sites for hydroxylation is 1. The van der Waals surface area contributed by atoms with E-state index in [-0.39, 0.29) is 5.91 Å². The maximum absolute atomic E-state index is 12.6. The molecule has 0 radical (unpaired) electrons. The second-order valence-electron chi connectivity index (χ2n) is 4.39. The summed E-state index contributed by atoms with van der Waals surface area (Å²) in [6, 6.07) is 7.22. The van der Waals surface area contributed by atoms with Crippen molar-refractivity contribution in [2.75, 3.05) is 23.8 Å². The van der Waals surface area contributed by atoms with Gasteiger partial charge in [-0.1, -0.05) is 0 Å². The van der Waals surface area contributed by atoms with Crippen LogP contribution in [-0.2, 0) is 0 Å². The Morgan fingerprint density at radius 1 is 1.30 bits per heavy atom. The molecule has 0 atom stereocenters. The minimum absolute atomic E-state index is 0.0410. The summed E-state index contributed by atoms with van der Waals surface area (Å²) < 4.78 is 0. The maximum atomic E-state index is 12.6. The molecule has 5 nitrogen and oxygen atoms in total. The van der Waals surface area contributed by atoms with Gasteiger partial charge in [-0.2, -0.15) is 0 Å². The molecule has 0 spiro atoms. The number of aromatic nitrogens is 2. The van der Waals surface area contributed by atoms with Gasteiger partial charge in [-0.15, -0.1) is 0 Å². The first-order valence-corrected chi connectivity index (χ1v) is 6.54. The van der Waals surface area contributed by atoms with Gasteiger partial charge < -0.3 is 10.2 Å². The fraction of sp³-hybridized carbons (Fsp3) is 0.267. The summed E-state index contributed by atoms with van der Waals surface area (Å²) in [6.45, 7) is 4.42. The van der Waals surface area contributed by atoms with Crippen LogP contribution in [0.25, 0.3) is 0 Å². The monoisotopic (exact) mass is 270 g/mol. The molecule has 1 N–H and O–H groups in total. The summed E-state index contributed by atoms with van der Waals surface area (Å²) in [5.41, 5.74) is 2.28. The van der Waals surface area contributed by atoms with E-state index in [9.17, 15) is 4.79 Å². The zero-order chi connectivity index (χ0) is 14.5. The normalized spacial score (nSPS) is 10.2. The van der Waals surface area contributed by atoms with Crippen LogP contribution in [0.3, 0.4) is 0 Å². The third-order valence-corrected chi connectivity index (χ3v) is 2.99. The molecular formula is C15H18N4O. The Morgan fingerprint density at radius 3 is 2.60 bits per heavy atom. The van der Waals surface area contributed by atoms with Gasteiger partial charge in [0.1, 0.15) is 5.82 Å². The van der Waals surface area contributed by atoms with Crippen molar-refractivity contribution in [3.63, 3.8) is 0 Å². The summed E-state index contributed by atoms with van der Waals surface area (Å²) in [5.74, 6) is 0.653. The number of nitrogens with one attached hydrogen (secondary N) is 1. The van der Waals surface area contributed by atoms with Crippen molar-refractivity contribution in [1.29, 1.82) is 0 Å². The van der Waals surface area contributed by atoms with Crippen molar-refractivity contribution in [2.45, 2.75) is 13.8 Å². The number of carbonyl (C=O) groups is 1. The van der Waals surface area contributed by atoms with Gasteiger partial charge in [0.25, 0.3) is 5.91 Å². The van der Waals surface area contributed by atoms with Gasteiger partial charge in [0.2, 0.25) is 0 Å². The molecular weight excluding hydrogens is 252 g/mol. The van der Waals surface area contributed by atoms with Crippen LogP contribution in [0, 0.1) is 6.92 Å². The molecule has 0 unspecified atom stereocenters. The summed E-state index contributed by atoms with van der Waals surface area (Å²) in [5, 5.41) is 2.97. The molecule has 0 saturated heterocycles. The number of hydrogen-bond acceptors (Lipinski definition) is 4. The second kappa shape index (κ2) is 6.14. The van der Waals surface area contributed by atoms with Gasteiger partial charge in [-0.25, -0.2) is 4.98 Å². The van der Waals surface area contributed by atoms with E-state index in [1.54, 1.807) is 36.5 Å². The zero-order valence-electron chi connectivity index (χ0n) is 11.9. The van der Waals surface area contributed by atoms with Crippen LogP contribution in [0.4, 0.5) is 11.5 Å². The predicted octanol–water partition coefficient (Wildman–Crippen LogP) is 2.49. The highest BCUT2D eigenvalue weighted by Gasteiger charge is 2.17. The van der Waals surface area contributed by atoms with Crippen LogP contribution in [-0.4, -0.2) is 29.5 Å². The predicted molar refractivity (Wildman–Crippen MR) is 80.1 cm³/mol. The van der Waals surface area contributed by atoms with Crippen molar-refractivity contribution in [3.05, 3.63) is 47.9 Å². The molecule has 2 aromatic heterocycles. The number of rotatable bonds is 4. The first kappa shape index (κ1) is 14.0. The lowest BCUT2D eigenvalue weighted by Crippen LogP contribution is -2.30. The van der Waals surface area contributed by atoms with Crippen LogP contribution in [0.15, 0.2) is 36.7 Å². The van der Waals surface area contributed by atoms with Crippen molar-refractivity contribution >= 4 is 17.4 Å². The maximum Gasteiger partial charge on any atom is 0.258 e. The number of nitrogens with zero attached hydrogens (tertiary/aromatic N) is 3. The van der Waals surface area contributed by atoms with E-state index in [2.05, 4.69) is 15.3 Å². The minimum Gasteiger partial charge on any atom is -0.373 e. The number of hydrogen-bond donors (Lipinski definition) is 1. The molecule has 0 aliphatic carbocycles. The molecule has 2 rings (SSSR count). The van der Waals surface area contributed by atoms with Crippen LogP contribution in [0.1, 0.15) is 23.0 Å². The first-order valence-electron chi connectivity index (χ1n) is 6.54. The van der Waals surface area contributed by atoms with E-state index in [0.717, 1.165) is 11.4 Å². The van der Waals surface area contributed by atoms with E-state index in [4.69, 9.17) is 0 Å². The molecule has 2 heterocycles. The highest BCUT2D eigenvalue weighted by atomic mass is 16.2. The molecule has 0 saturated carbocycles. The third-order valence-electron chi connectivity index (χ3n) is 2.99. The molecule has 0 aromatic carbocycles. The molecule has 20 heavy (non-hydrogen) atoms. The molecule has 5 heteroatoms. The SMILES string of the molecule is CCN(C(=O)c1cc(C)nc(NC)c1)c1ccncc1. The van der Waals surface area contributed by atoms with Crippen LogP contribution in [0.2, 0.25) is 0 Å². The number of carbonyl (C=O) groups excluding carboxylic acids is 1. The van der Waals surface area contributed by atoms with Gasteiger partial charge in [-0.05, 0) is 38.1 Å². The molecule has 0 bridgehead atoms. The van der Waals surface area contributed by atoms with Gasteiger partial charge in [0.15, 0.2) is 0 Å². The number of pyridine rings is 2. The number of anilines is 2. The number of amides is 1. The molecule has 1 amide bonds. The topological polar surface area (TPSA) is 58.1 Å². The Labute approximate surface area is 118 Å². The summed E-state index contributed by atoms with van der Waals surface area (Å²) in [4.78, 5) is 22.6. The average Bonchev–Trinajstić information content (AvgIpc) is 2.48. The van der Waals surface area contributed by atoms with E-state index >= 15 is 0 Å². The second-order valence-corrected chi connectivity index (χ2v) is 4.39. The quantitative estimate of drug-likeness (QED) is 0.927. The Hall–Kier alpha value is -2.43. The Balaban J connectivity index is 2.36. The van der Waals surface area contributed by atoms with Gasteiger partial charge in [-0.3, -0.25) is 9.78 Å². The fourth-order valence-electron chi connectivity index (χ4n) is 2.04. The summed E-state index contributed by atoms with van der Waals surface area (Å²) in [7, 11) is 1.79. The molecule has 0 aliphatic rings. The summed E-state index contributed by atoms with van der Waals surface area (Å²) >= 11 is 0. The molecule has 2 aromatic rings. The van der Waals surface area contributed by atoms with Gasteiger partial charge in [0.05, 0.1) is 0 Å². The lowest BCUT2D eigenvalue weighted by molar-refractivity contribution is 0.0988. The standard InChI is InChI=1S/C15H18N4O/c1-4-19(13-5-7-17-8-6-13)15(20)12-9-11(2)18-14(10-12)16-3/h5-10H,4H2,1-3H3,(H,16,18).